The van der Waals surface area contributed by atoms with Crippen LogP contribution in [-0.2, 0) is 118 Å². The van der Waals surface area contributed by atoms with Gasteiger partial charge in [0.25, 0.3) is 17.4 Å². The Morgan fingerprint density at radius 1 is 0.548 bits per heavy atom. The number of carbonyl (C=O) groups excluding carboxylic acids is 18. The highest BCUT2D eigenvalue weighted by Crippen LogP contribution is 2.41. The summed E-state index contributed by atoms with van der Waals surface area (Å²) < 4.78 is 7.55. The molecule has 126 heavy (non-hydrogen) atoms. The summed E-state index contributed by atoms with van der Waals surface area (Å²) in [5.74, 6) is -9.87. The number of anilines is 1. The number of para-hydroxylation sites is 1. The molecule has 3 aliphatic rings. The number of ether oxygens (including phenoxy) is 1. The number of aromatic nitrogens is 2. The summed E-state index contributed by atoms with van der Waals surface area (Å²) in [7, 11) is 13.4. The van der Waals surface area contributed by atoms with E-state index in [0.29, 0.717) is 65.0 Å². The Kier molecular flexibility index (Phi) is 36.4. The van der Waals surface area contributed by atoms with Crippen molar-refractivity contribution < 1.29 is 96.1 Å². The fraction of sp³-hybridized carbons (Fsp3) is 0.540. The van der Waals surface area contributed by atoms with Crippen LogP contribution in [0.15, 0.2) is 71.5 Å². The third kappa shape index (κ3) is 27.1. The molecular formula is C87H120N18O21. The van der Waals surface area contributed by atoms with Gasteiger partial charge in [-0.1, -0.05) is 57.5 Å². The first-order valence-corrected chi connectivity index (χ1v) is 41.9. The molecule has 0 spiro atoms. The maximum atomic E-state index is 14.3. The Bertz CT molecular complexity index is 4870. The van der Waals surface area contributed by atoms with Gasteiger partial charge in [0.1, 0.15) is 24.3 Å². The molecule has 2 aliphatic heterocycles. The number of aliphatic hydroxyl groups is 1. The molecule has 2 aromatic carbocycles. The van der Waals surface area contributed by atoms with Gasteiger partial charge in [0.15, 0.2) is 5.78 Å². The maximum absolute atomic E-state index is 14.3. The fourth-order valence-electron chi connectivity index (χ4n) is 14.2. The van der Waals surface area contributed by atoms with E-state index in [2.05, 4.69) is 21.3 Å². The molecule has 0 fully saturated rings. The molecule has 4 aromatic rings. The van der Waals surface area contributed by atoms with Crippen LogP contribution in [0.2, 0.25) is 0 Å². The van der Waals surface area contributed by atoms with Crippen LogP contribution in [0, 0.1) is 5.92 Å². The molecule has 3 atom stereocenters. The number of amides is 17. The minimum Gasteiger partial charge on any atom is -0.445 e. The topological polar surface area (TPSA) is 459 Å². The number of ketones is 1. The number of carbonyl (C=O) groups is 18. The summed E-state index contributed by atoms with van der Waals surface area (Å²) >= 11 is 0. The van der Waals surface area contributed by atoms with Gasteiger partial charge < -0.3 is 89.6 Å². The van der Waals surface area contributed by atoms with E-state index >= 15 is 0 Å². The number of imide groups is 1. The van der Waals surface area contributed by atoms with Gasteiger partial charge in [0.2, 0.25) is 82.7 Å². The second-order valence-electron chi connectivity index (χ2n) is 33.0. The molecule has 0 saturated carbocycles. The lowest BCUT2D eigenvalue weighted by Gasteiger charge is -2.32. The van der Waals surface area contributed by atoms with E-state index in [0.717, 1.165) is 65.5 Å². The number of Topliss-reactive ketones (excluding diaryl/α,β-unsaturated/α-hetero) is 1. The van der Waals surface area contributed by atoms with Gasteiger partial charge in [-0.25, -0.2) is 9.78 Å². The van der Waals surface area contributed by atoms with Crippen LogP contribution in [0.1, 0.15) is 127 Å². The number of rotatable bonds is 44. The van der Waals surface area contributed by atoms with Crippen molar-refractivity contribution in [2.24, 2.45) is 5.92 Å². The van der Waals surface area contributed by atoms with Crippen LogP contribution in [0.25, 0.3) is 22.3 Å². The van der Waals surface area contributed by atoms with Gasteiger partial charge in [0.05, 0.1) is 88.9 Å². The lowest BCUT2D eigenvalue weighted by atomic mass is 9.77. The van der Waals surface area contributed by atoms with E-state index in [1.54, 1.807) is 60.6 Å². The van der Waals surface area contributed by atoms with Gasteiger partial charge in [-0.3, -0.25) is 91.2 Å². The molecule has 7 rings (SSSR count). The van der Waals surface area contributed by atoms with Gasteiger partial charge in [-0.2, -0.15) is 0 Å². The number of hydrogen-bond donors (Lipinski definition) is 5. The molecular weight excluding hydrogens is 1630 g/mol. The van der Waals surface area contributed by atoms with Crippen LogP contribution >= 0.6 is 0 Å². The highest BCUT2D eigenvalue weighted by molar-refractivity contribution is 6.13. The summed E-state index contributed by atoms with van der Waals surface area (Å²) in [5.41, 5.74) is 2.99. The van der Waals surface area contributed by atoms with Crippen LogP contribution in [0.3, 0.4) is 0 Å². The van der Waals surface area contributed by atoms with Crippen molar-refractivity contribution in [3.63, 3.8) is 0 Å². The van der Waals surface area contributed by atoms with Crippen molar-refractivity contribution in [1.82, 2.24) is 84.3 Å². The number of likely N-dealkylation sites (N-methyl/N-ethyl adjacent to an activating group) is 10. The van der Waals surface area contributed by atoms with Crippen LogP contribution in [-0.4, -0.2) is 354 Å². The summed E-state index contributed by atoms with van der Waals surface area (Å²) in [6, 6.07) is 13.2. The van der Waals surface area contributed by atoms with Crippen molar-refractivity contribution >= 4 is 123 Å². The zero-order valence-electron chi connectivity index (χ0n) is 74.9. The number of nitrogens with zero attached hydrogens (tertiary/aromatic N) is 14. The predicted octanol–water partition coefficient (Wildman–Crippen LogP) is 0.0677. The molecule has 39 heteroatoms. The van der Waals surface area contributed by atoms with Gasteiger partial charge >= 0.3 is 6.09 Å². The zero-order valence-corrected chi connectivity index (χ0v) is 74.9. The standard InChI is InChI=1S/C87H120N18O21/c1-17-87(125)63-41-66-82-62(42-105(66)85(123)61(63)33-34-67(87)107)59(60-25-20-21-26-64(60)90-82)37-40-103(55(4)5)86(124)126-53-57-29-31-58(32-30-57)89-83(121)65(91-84(122)81(54(2)3)92-68(108)28-19-18-24-39-104-70(110)35-36-71(104)111)27-22-23-38-88-69(109)43-94(8)73(113)45-96(10)75(115)47-98(12)77(117)49-100(14)79(119)51-102(16)80(120)52-101(15)78(118)50-99(13)76(116)48-97(11)74(114)46-95(9)72(112)44-93(7)56(6)106/h20-21,25-26,29-32,35-36,41,54-55,65,81,125H,17-19,22-24,27-28,33-34,37-40,42-53H2,1-16H3,(H,88,109)(H,89,121)(H,91,122)(H,92,108)/t65-,81-,87-/m0/s1. The van der Waals surface area contributed by atoms with Gasteiger partial charge in [-0.05, 0) is 107 Å². The van der Waals surface area contributed by atoms with E-state index in [-0.39, 0.29) is 114 Å². The Balaban J connectivity index is 0.867. The van der Waals surface area contributed by atoms with Crippen molar-refractivity contribution in [3.05, 3.63) is 105 Å². The second-order valence-corrected chi connectivity index (χ2v) is 33.0. The minimum absolute atomic E-state index is 0.0336. The summed E-state index contributed by atoms with van der Waals surface area (Å²) in [4.78, 5) is 268. The second kappa shape index (κ2) is 45.7. The first-order chi connectivity index (χ1) is 59.3. The molecule has 5 N–H and O–H groups in total. The zero-order chi connectivity index (χ0) is 93.5. The number of nitrogens with one attached hydrogen (secondary N) is 4. The third-order valence-electron chi connectivity index (χ3n) is 22.6. The van der Waals surface area contributed by atoms with Crippen LogP contribution < -0.4 is 26.8 Å². The van der Waals surface area contributed by atoms with E-state index in [9.17, 15) is 96.2 Å². The first-order valence-electron chi connectivity index (χ1n) is 41.9. The fourth-order valence-corrected chi connectivity index (χ4v) is 14.2. The third-order valence-corrected chi connectivity index (χ3v) is 22.6. The van der Waals surface area contributed by atoms with E-state index in [1.165, 1.54) is 94.5 Å². The summed E-state index contributed by atoms with van der Waals surface area (Å²) in [5, 5.41) is 23.6. The average Bonchev–Trinajstić information content (AvgIpc) is 1.52. The lowest BCUT2D eigenvalue weighted by molar-refractivity contribution is -0.146. The Labute approximate surface area is 732 Å². The largest absolute Gasteiger partial charge is 0.445 e. The highest BCUT2D eigenvalue weighted by atomic mass is 16.6. The normalized spacial score (nSPS) is 14.1. The minimum atomic E-state index is -1.79. The molecule has 4 heterocycles. The van der Waals surface area contributed by atoms with E-state index in [1.807, 2.05) is 38.1 Å². The Hall–Kier alpha value is -12.8. The average molecular weight is 1750 g/mol. The van der Waals surface area contributed by atoms with Gasteiger partial charge in [0, 0.05) is 156 Å². The van der Waals surface area contributed by atoms with E-state index < -0.39 is 171 Å². The molecule has 684 valence electrons. The van der Waals surface area contributed by atoms with Crippen molar-refractivity contribution in [2.45, 2.75) is 149 Å². The summed E-state index contributed by atoms with van der Waals surface area (Å²) in [6.45, 7) is 6.22. The predicted molar refractivity (Wildman–Crippen MR) is 461 cm³/mol. The number of benzene rings is 2. The SMILES string of the molecule is CC[C@@]1(O)C(=O)CCc2c1cc1n(c2=O)Cc2c-1nc1ccccc1c2CCN(C(=O)OCc1ccc(NC(=O)[C@H](CCCCNC(=O)CN(C)C(=O)CN(C)C(=O)CN(C)C(=O)CN(C)C(=O)CN(C)C(=O)CN(C)C(=O)CN(C)C(=O)CN(C)C(=O)CN(C)C(=O)CN(C)C(C)=O)NC(=O)[C@@H](NC(=O)CCCCCN2C(=O)C=CC2=O)C(C)C)cc1)C(C)C. The van der Waals surface area contributed by atoms with Crippen molar-refractivity contribution in [1.29, 1.82) is 0 Å². The number of unbranched alkanes of at least 4 members (excludes halogenated alkanes) is 3. The van der Waals surface area contributed by atoms with Crippen molar-refractivity contribution in [3.8, 4) is 11.4 Å². The Morgan fingerprint density at radius 2 is 1.03 bits per heavy atom. The number of pyridine rings is 2. The number of hydrogen-bond acceptors (Lipinski definition) is 22. The Morgan fingerprint density at radius 3 is 1.51 bits per heavy atom. The highest BCUT2D eigenvalue weighted by Gasteiger charge is 2.44. The molecule has 0 saturated heterocycles. The van der Waals surface area contributed by atoms with E-state index in [4.69, 9.17) is 9.72 Å². The van der Waals surface area contributed by atoms with Gasteiger partial charge in [-0.15, -0.1) is 0 Å². The van der Waals surface area contributed by atoms with Crippen LogP contribution in [0.4, 0.5) is 10.5 Å². The van der Waals surface area contributed by atoms with Crippen molar-refractivity contribution in [2.75, 3.05) is 161 Å². The molecule has 0 unspecified atom stereocenters. The molecule has 39 nitrogen and oxygen atoms in total. The molecule has 0 radical (unpaired) electrons. The number of fused-ring (bicyclic) bond motifs is 5. The summed E-state index contributed by atoms with van der Waals surface area (Å²) in [6.07, 6.45) is 4.53. The molecule has 0 bridgehead atoms. The monoisotopic (exact) mass is 1750 g/mol. The smallest absolute Gasteiger partial charge is 0.410 e. The molecule has 17 amide bonds. The maximum Gasteiger partial charge on any atom is 0.410 e. The quantitative estimate of drug-likeness (QED) is 0.0254. The van der Waals surface area contributed by atoms with Crippen LogP contribution in [0.5, 0.6) is 0 Å². The first kappa shape index (κ1) is 100. The molecule has 1 aliphatic carbocycles. The lowest BCUT2D eigenvalue weighted by Crippen LogP contribution is -2.54. The molecule has 2 aromatic heterocycles.